The number of rotatable bonds is 5. The number of carbonyl (C=O) groups is 1. The Morgan fingerprint density at radius 1 is 1.32 bits per heavy atom. The molecule has 1 saturated heterocycles. The molecule has 2 aromatic rings. The molecule has 0 saturated carbocycles. The number of benzene rings is 1. The maximum atomic E-state index is 13.8. The molecule has 1 aliphatic rings. The lowest BCUT2D eigenvalue weighted by molar-refractivity contribution is -0.141. The van der Waals surface area contributed by atoms with Gasteiger partial charge in [0.25, 0.3) is 0 Å². The van der Waals surface area contributed by atoms with Gasteiger partial charge in [0, 0.05) is 37.6 Å². The summed E-state index contributed by atoms with van der Waals surface area (Å²) in [6.45, 7) is 7.56. The van der Waals surface area contributed by atoms with E-state index in [0.29, 0.717) is 25.5 Å². The van der Waals surface area contributed by atoms with Crippen LogP contribution in [-0.2, 0) is 4.79 Å². The van der Waals surface area contributed by atoms with Gasteiger partial charge in [-0.1, -0.05) is 12.1 Å². The summed E-state index contributed by atoms with van der Waals surface area (Å²) in [4.78, 5) is 25.1. The molecule has 2 heterocycles. The summed E-state index contributed by atoms with van der Waals surface area (Å²) < 4.78 is 19.4. The Hall–Kier alpha value is -2.41. The SMILES string of the molecule is C[C@H]1CN(c2cc(Oc3ccccc3F)ncn2)CCN1C(=O)C(C)(C)CCl. The van der Waals surface area contributed by atoms with Gasteiger partial charge in [-0.3, -0.25) is 4.79 Å². The molecular weight excluding hydrogens is 383 g/mol. The van der Waals surface area contributed by atoms with Crippen molar-refractivity contribution in [3.63, 3.8) is 0 Å². The molecule has 0 N–H and O–H groups in total. The second kappa shape index (κ2) is 8.31. The molecule has 6 nitrogen and oxygen atoms in total. The van der Waals surface area contributed by atoms with Gasteiger partial charge >= 0.3 is 0 Å². The first-order chi connectivity index (χ1) is 13.3. The van der Waals surface area contributed by atoms with Crippen LogP contribution in [0.2, 0.25) is 0 Å². The highest BCUT2D eigenvalue weighted by atomic mass is 35.5. The fraction of sp³-hybridized carbons (Fsp3) is 0.450. The average Bonchev–Trinajstić information content (AvgIpc) is 2.69. The molecule has 1 atom stereocenters. The molecule has 1 amide bonds. The summed E-state index contributed by atoms with van der Waals surface area (Å²) >= 11 is 5.96. The number of halogens is 2. The van der Waals surface area contributed by atoms with Crippen molar-refractivity contribution in [1.29, 1.82) is 0 Å². The smallest absolute Gasteiger partial charge is 0.229 e. The molecule has 1 aromatic heterocycles. The first kappa shape index (κ1) is 20.3. The van der Waals surface area contributed by atoms with E-state index in [0.717, 1.165) is 0 Å². The largest absolute Gasteiger partial charge is 0.436 e. The third-order valence-corrected chi connectivity index (χ3v) is 5.47. The average molecular weight is 407 g/mol. The zero-order valence-corrected chi connectivity index (χ0v) is 17.0. The van der Waals surface area contributed by atoms with Crippen LogP contribution in [-0.4, -0.2) is 52.3 Å². The van der Waals surface area contributed by atoms with Crippen LogP contribution in [0.15, 0.2) is 36.7 Å². The molecule has 28 heavy (non-hydrogen) atoms. The number of amides is 1. The van der Waals surface area contributed by atoms with Gasteiger partial charge in [0.2, 0.25) is 11.8 Å². The van der Waals surface area contributed by atoms with Crippen LogP contribution in [0.1, 0.15) is 20.8 Å². The van der Waals surface area contributed by atoms with Crippen LogP contribution in [0.3, 0.4) is 0 Å². The Bertz CT molecular complexity index is 848. The molecule has 1 aliphatic heterocycles. The van der Waals surface area contributed by atoms with Gasteiger partial charge in [-0.25, -0.2) is 14.4 Å². The Kier molecular flexibility index (Phi) is 6.03. The molecule has 0 unspecified atom stereocenters. The molecule has 0 spiro atoms. The minimum Gasteiger partial charge on any atom is -0.436 e. The Morgan fingerprint density at radius 2 is 2.07 bits per heavy atom. The number of ether oxygens (including phenoxy) is 1. The molecule has 150 valence electrons. The monoisotopic (exact) mass is 406 g/mol. The van der Waals surface area contributed by atoms with E-state index < -0.39 is 11.2 Å². The maximum absolute atomic E-state index is 13.8. The predicted molar refractivity (Wildman–Crippen MR) is 106 cm³/mol. The van der Waals surface area contributed by atoms with E-state index in [1.807, 2.05) is 25.7 Å². The van der Waals surface area contributed by atoms with Crippen LogP contribution in [0.5, 0.6) is 11.6 Å². The second-order valence-electron chi connectivity index (χ2n) is 7.56. The fourth-order valence-corrected chi connectivity index (χ4v) is 3.23. The number of hydrogen-bond acceptors (Lipinski definition) is 5. The molecule has 0 aliphatic carbocycles. The number of aromatic nitrogens is 2. The van der Waals surface area contributed by atoms with Crippen molar-refractivity contribution in [3.05, 3.63) is 42.5 Å². The molecule has 0 bridgehead atoms. The number of carbonyl (C=O) groups excluding carboxylic acids is 1. The minimum absolute atomic E-state index is 0.00893. The van der Waals surface area contributed by atoms with Crippen LogP contribution >= 0.6 is 11.6 Å². The van der Waals surface area contributed by atoms with E-state index in [4.69, 9.17) is 16.3 Å². The third kappa shape index (κ3) is 4.35. The number of para-hydroxylation sites is 1. The van der Waals surface area contributed by atoms with Gasteiger partial charge in [-0.05, 0) is 32.9 Å². The molecule has 3 rings (SSSR count). The molecule has 0 radical (unpaired) electrons. The maximum Gasteiger partial charge on any atom is 0.229 e. The summed E-state index contributed by atoms with van der Waals surface area (Å²) in [5, 5.41) is 0. The van der Waals surface area contributed by atoms with E-state index in [1.165, 1.54) is 12.4 Å². The first-order valence-corrected chi connectivity index (χ1v) is 9.71. The van der Waals surface area contributed by atoms with E-state index in [-0.39, 0.29) is 29.5 Å². The van der Waals surface area contributed by atoms with Crippen molar-refractivity contribution >= 4 is 23.3 Å². The summed E-state index contributed by atoms with van der Waals surface area (Å²) in [5.41, 5.74) is -0.590. The van der Waals surface area contributed by atoms with Crippen LogP contribution in [0.25, 0.3) is 0 Å². The lowest BCUT2D eigenvalue weighted by atomic mass is 9.93. The summed E-state index contributed by atoms with van der Waals surface area (Å²) in [6.07, 6.45) is 1.39. The van der Waals surface area contributed by atoms with E-state index in [9.17, 15) is 9.18 Å². The van der Waals surface area contributed by atoms with Crippen molar-refractivity contribution in [3.8, 4) is 11.6 Å². The van der Waals surface area contributed by atoms with E-state index in [1.54, 1.807) is 24.3 Å². The zero-order chi connectivity index (χ0) is 20.3. The summed E-state index contributed by atoms with van der Waals surface area (Å²) in [5.74, 6) is 0.938. The summed E-state index contributed by atoms with van der Waals surface area (Å²) in [7, 11) is 0. The number of alkyl halides is 1. The van der Waals surface area contributed by atoms with Gasteiger partial charge in [0.1, 0.15) is 12.1 Å². The quantitative estimate of drug-likeness (QED) is 0.708. The van der Waals surface area contributed by atoms with Crippen molar-refractivity contribution < 1.29 is 13.9 Å². The highest BCUT2D eigenvalue weighted by Crippen LogP contribution is 2.27. The highest BCUT2D eigenvalue weighted by Gasteiger charge is 2.36. The predicted octanol–water partition coefficient (Wildman–Crippen LogP) is 3.71. The lowest BCUT2D eigenvalue weighted by Crippen LogP contribution is -2.57. The van der Waals surface area contributed by atoms with Crippen LogP contribution in [0, 0.1) is 11.2 Å². The third-order valence-electron chi connectivity index (χ3n) is 4.80. The van der Waals surface area contributed by atoms with Crippen molar-refractivity contribution in [2.24, 2.45) is 5.41 Å². The fourth-order valence-electron chi connectivity index (χ4n) is 3.11. The standard InChI is InChI=1S/C20H24ClFN4O2/c1-14-11-25(8-9-26(14)19(27)20(2,3)12-21)17-10-18(24-13-23-17)28-16-7-5-4-6-15(16)22/h4-7,10,13-14H,8-9,11-12H2,1-3H3/t14-/m0/s1. The Morgan fingerprint density at radius 3 is 2.75 bits per heavy atom. The van der Waals surface area contributed by atoms with Gasteiger partial charge in [-0.15, -0.1) is 11.6 Å². The number of piperazine rings is 1. The highest BCUT2D eigenvalue weighted by molar-refractivity contribution is 6.19. The van der Waals surface area contributed by atoms with E-state index >= 15 is 0 Å². The number of anilines is 1. The van der Waals surface area contributed by atoms with Gasteiger partial charge in [0.15, 0.2) is 11.6 Å². The number of nitrogens with zero attached hydrogens (tertiary/aromatic N) is 4. The van der Waals surface area contributed by atoms with Crippen LogP contribution in [0.4, 0.5) is 10.2 Å². The first-order valence-electron chi connectivity index (χ1n) is 9.18. The molecule has 1 aromatic carbocycles. The molecule has 8 heteroatoms. The molecule has 1 fully saturated rings. The molecular formula is C20H24ClFN4O2. The van der Waals surface area contributed by atoms with Gasteiger partial charge < -0.3 is 14.5 Å². The zero-order valence-electron chi connectivity index (χ0n) is 16.2. The van der Waals surface area contributed by atoms with Crippen molar-refractivity contribution in [2.45, 2.75) is 26.8 Å². The topological polar surface area (TPSA) is 58.6 Å². The summed E-state index contributed by atoms with van der Waals surface area (Å²) in [6, 6.07) is 7.86. The Balaban J connectivity index is 1.70. The van der Waals surface area contributed by atoms with Gasteiger partial charge in [0.05, 0.1) is 5.41 Å². The van der Waals surface area contributed by atoms with Crippen LogP contribution < -0.4 is 9.64 Å². The van der Waals surface area contributed by atoms with Crippen molar-refractivity contribution in [1.82, 2.24) is 14.9 Å². The number of hydrogen-bond donors (Lipinski definition) is 0. The minimum atomic E-state index is -0.590. The second-order valence-corrected chi connectivity index (χ2v) is 7.83. The van der Waals surface area contributed by atoms with E-state index in [2.05, 4.69) is 14.9 Å². The lowest BCUT2D eigenvalue weighted by Gasteiger charge is -2.43. The van der Waals surface area contributed by atoms with Gasteiger partial charge in [-0.2, -0.15) is 0 Å². The normalized spacial score (nSPS) is 17.5. The van der Waals surface area contributed by atoms with Crippen molar-refractivity contribution in [2.75, 3.05) is 30.4 Å². The Labute approximate surface area is 169 Å².